The number of nitrogens with one attached hydrogen (secondary N) is 1. The van der Waals surface area contributed by atoms with Crippen molar-refractivity contribution in [2.45, 2.75) is 38.0 Å². The molecule has 0 aromatic heterocycles. The van der Waals surface area contributed by atoms with Gasteiger partial charge in [0.05, 0.1) is 24.6 Å². The zero-order valence-electron chi connectivity index (χ0n) is 15.1. The van der Waals surface area contributed by atoms with Crippen LogP contribution in [0.1, 0.15) is 31.4 Å². The molecular weight excluding hydrogens is 433 g/mol. The number of nitrogens with zero attached hydrogens (tertiary/aromatic N) is 3. The zero-order valence-corrected chi connectivity index (χ0v) is 16.6. The predicted molar refractivity (Wildman–Crippen MR) is 104 cm³/mol. The molecule has 10 heteroatoms. The first kappa shape index (κ1) is 19.0. The number of esters is 1. The number of guanidine groups is 1. The largest absolute Gasteiger partial charge is 0.464 e. The lowest BCUT2D eigenvalue weighted by atomic mass is 9.84. The van der Waals surface area contributed by atoms with E-state index in [9.17, 15) is 9.18 Å². The van der Waals surface area contributed by atoms with Crippen LogP contribution in [-0.4, -0.2) is 42.2 Å². The second kappa shape index (κ2) is 7.59. The Hall–Kier alpha value is -2.33. The van der Waals surface area contributed by atoms with E-state index >= 15 is 0 Å². The Labute approximate surface area is 169 Å². The first-order valence-electron chi connectivity index (χ1n) is 8.92. The number of fused-ring (bicyclic) bond motifs is 1. The van der Waals surface area contributed by atoms with Crippen LogP contribution in [0, 0.1) is 11.7 Å². The van der Waals surface area contributed by atoms with Gasteiger partial charge in [0.1, 0.15) is 11.7 Å². The molecule has 1 aromatic carbocycles. The normalized spacial score (nSPS) is 29.4. The second-order valence-electron chi connectivity index (χ2n) is 6.88. The molecule has 1 fully saturated rings. The summed E-state index contributed by atoms with van der Waals surface area (Å²) in [4.78, 5) is 30.7. The lowest BCUT2D eigenvalue weighted by molar-refractivity contribution is -0.149. The van der Waals surface area contributed by atoms with Crippen LogP contribution in [0.25, 0.3) is 0 Å². The summed E-state index contributed by atoms with van der Waals surface area (Å²) in [6.07, 6.45) is 0.366. The summed E-state index contributed by atoms with van der Waals surface area (Å²) in [7, 11) is 0. The molecule has 3 N–H and O–H groups in total. The van der Waals surface area contributed by atoms with Gasteiger partial charge in [0.25, 0.3) is 0 Å². The van der Waals surface area contributed by atoms with Crippen molar-refractivity contribution in [3.05, 3.63) is 34.1 Å². The number of hydrogen-bond acceptors (Lipinski definition) is 8. The molecule has 0 radical (unpaired) electrons. The molecule has 1 aromatic rings. The van der Waals surface area contributed by atoms with Gasteiger partial charge in [0, 0.05) is 16.6 Å². The molecular formula is C18H19BrFN5O3. The summed E-state index contributed by atoms with van der Waals surface area (Å²) < 4.78 is 19.0. The van der Waals surface area contributed by atoms with E-state index in [4.69, 9.17) is 20.3 Å². The number of ether oxygens (including phenoxy) is 1. The fraction of sp³-hybridized carbons (Fsp3) is 0.444. The minimum Gasteiger partial charge on any atom is -0.464 e. The van der Waals surface area contributed by atoms with E-state index in [0.717, 1.165) is 11.3 Å². The van der Waals surface area contributed by atoms with Gasteiger partial charge in [-0.1, -0.05) is 22.0 Å². The van der Waals surface area contributed by atoms with Gasteiger partial charge in [-0.25, -0.2) is 19.2 Å². The number of carbonyl (C=O) groups excluding carboxylic acids is 1. The molecule has 0 amide bonds. The third kappa shape index (κ3) is 3.66. The van der Waals surface area contributed by atoms with Crippen LogP contribution < -0.4 is 11.2 Å². The van der Waals surface area contributed by atoms with Gasteiger partial charge in [-0.15, -0.1) is 0 Å². The monoisotopic (exact) mass is 451 g/mol. The average molecular weight is 452 g/mol. The summed E-state index contributed by atoms with van der Waals surface area (Å²) in [5, 5.41) is 0. The molecule has 0 saturated carbocycles. The Kier molecular flexibility index (Phi) is 5.15. The van der Waals surface area contributed by atoms with E-state index in [1.165, 1.54) is 12.1 Å². The summed E-state index contributed by atoms with van der Waals surface area (Å²) in [6.45, 7) is 2.19. The highest BCUT2D eigenvalue weighted by atomic mass is 79.9. The third-order valence-electron chi connectivity index (χ3n) is 4.99. The maximum Gasteiger partial charge on any atom is 0.338 e. The number of carbonyl (C=O) groups is 1. The van der Waals surface area contributed by atoms with Gasteiger partial charge in [0.15, 0.2) is 6.10 Å². The van der Waals surface area contributed by atoms with E-state index < -0.39 is 12.1 Å². The minimum atomic E-state index is -0.687. The quantitative estimate of drug-likeness (QED) is 0.539. The Morgan fingerprint density at radius 1 is 1.39 bits per heavy atom. The number of cyclic esters (lactones) is 1. The number of rotatable bonds is 3. The first-order valence-corrected chi connectivity index (χ1v) is 9.71. The van der Waals surface area contributed by atoms with Gasteiger partial charge in [-0.3, -0.25) is 15.3 Å². The maximum atomic E-state index is 13.5. The topological polar surface area (TPSA) is 111 Å². The van der Waals surface area contributed by atoms with Crippen molar-refractivity contribution >= 4 is 39.4 Å². The van der Waals surface area contributed by atoms with Crippen molar-refractivity contribution in [3.63, 3.8) is 0 Å². The number of aliphatic imine (C=N–C) groups is 3. The van der Waals surface area contributed by atoms with Crippen LogP contribution in [0.4, 0.5) is 4.39 Å². The standard InChI is InChI=1S/C18H19BrFN5O3/c1-8-15-13(24-18(21)22-8)7-12(10-3-2-9(20)6-11(10)19)23-16(15)25-28-14-4-5-27-17(14)26/h2-3,6,12-15H,4-5,7H2,1H3,(H2,21,24)(H,23,25)/t12?,13-,14?,15?/m1/s1. The Morgan fingerprint density at radius 2 is 2.21 bits per heavy atom. The third-order valence-corrected chi connectivity index (χ3v) is 5.68. The van der Waals surface area contributed by atoms with Crippen molar-refractivity contribution in [1.29, 1.82) is 0 Å². The van der Waals surface area contributed by atoms with E-state index in [-0.39, 0.29) is 29.8 Å². The second-order valence-corrected chi connectivity index (χ2v) is 7.74. The molecule has 3 heterocycles. The smallest absolute Gasteiger partial charge is 0.338 e. The first-order chi connectivity index (χ1) is 13.4. The molecule has 4 rings (SSSR count). The number of halogens is 2. The molecule has 3 unspecified atom stereocenters. The lowest BCUT2D eigenvalue weighted by Gasteiger charge is -2.35. The summed E-state index contributed by atoms with van der Waals surface area (Å²) in [6, 6.07) is 4.00. The Balaban J connectivity index is 1.65. The van der Waals surface area contributed by atoms with Gasteiger partial charge < -0.3 is 10.5 Å². The molecule has 4 atom stereocenters. The summed E-state index contributed by atoms with van der Waals surface area (Å²) in [5.41, 5.74) is 10.3. The number of nitrogens with two attached hydrogens (primary N) is 1. The molecule has 1 saturated heterocycles. The average Bonchev–Trinajstić information content (AvgIpc) is 3.03. The van der Waals surface area contributed by atoms with Gasteiger partial charge in [0.2, 0.25) is 5.96 Å². The van der Waals surface area contributed by atoms with Crippen LogP contribution in [-0.2, 0) is 14.4 Å². The summed E-state index contributed by atoms with van der Waals surface area (Å²) >= 11 is 3.41. The molecule has 0 aliphatic carbocycles. The van der Waals surface area contributed by atoms with Crippen LogP contribution in [0.15, 0.2) is 37.6 Å². The summed E-state index contributed by atoms with van der Waals surface area (Å²) in [5.74, 6) is -0.251. The number of amidine groups is 1. The van der Waals surface area contributed by atoms with Crippen LogP contribution in [0.5, 0.6) is 0 Å². The van der Waals surface area contributed by atoms with Crippen molar-refractivity contribution in [2.24, 2.45) is 26.6 Å². The van der Waals surface area contributed by atoms with E-state index in [2.05, 4.69) is 31.4 Å². The fourth-order valence-corrected chi connectivity index (χ4v) is 4.29. The number of benzene rings is 1. The van der Waals surface area contributed by atoms with Crippen LogP contribution >= 0.6 is 15.9 Å². The molecule has 28 heavy (non-hydrogen) atoms. The Bertz CT molecular complexity index is 903. The van der Waals surface area contributed by atoms with Gasteiger partial charge in [-0.05, 0) is 31.0 Å². The Morgan fingerprint density at radius 3 is 2.93 bits per heavy atom. The van der Waals surface area contributed by atoms with Crippen LogP contribution in [0.2, 0.25) is 0 Å². The molecule has 8 nitrogen and oxygen atoms in total. The highest BCUT2D eigenvalue weighted by molar-refractivity contribution is 9.10. The number of hydrogen-bond donors (Lipinski definition) is 2. The van der Waals surface area contributed by atoms with Crippen molar-refractivity contribution < 1.29 is 18.8 Å². The van der Waals surface area contributed by atoms with Crippen molar-refractivity contribution in [2.75, 3.05) is 6.61 Å². The van der Waals surface area contributed by atoms with E-state index in [0.29, 0.717) is 29.8 Å². The fourth-order valence-electron chi connectivity index (χ4n) is 3.67. The SMILES string of the molecule is CC1=NC(N)=N[C@@H]2CC(c3ccc(F)cc3Br)N=C(NOC3CCOC3=O)C12. The van der Waals surface area contributed by atoms with Crippen molar-refractivity contribution in [3.8, 4) is 0 Å². The highest BCUT2D eigenvalue weighted by Gasteiger charge is 2.39. The molecule has 148 valence electrons. The molecule has 0 spiro atoms. The van der Waals surface area contributed by atoms with Crippen molar-refractivity contribution in [1.82, 2.24) is 5.48 Å². The lowest BCUT2D eigenvalue weighted by Crippen LogP contribution is -2.48. The molecule has 3 aliphatic rings. The van der Waals surface area contributed by atoms with Gasteiger partial charge in [-0.2, -0.15) is 0 Å². The minimum absolute atomic E-state index is 0.196. The molecule has 3 aliphatic heterocycles. The number of hydroxylamine groups is 1. The van der Waals surface area contributed by atoms with E-state index in [1.807, 2.05) is 6.92 Å². The highest BCUT2D eigenvalue weighted by Crippen LogP contribution is 2.37. The van der Waals surface area contributed by atoms with E-state index in [1.54, 1.807) is 6.07 Å². The van der Waals surface area contributed by atoms with Gasteiger partial charge >= 0.3 is 5.97 Å². The molecule has 0 bridgehead atoms. The maximum absolute atomic E-state index is 13.5. The zero-order chi connectivity index (χ0) is 19.8. The van der Waals surface area contributed by atoms with Crippen LogP contribution in [0.3, 0.4) is 0 Å². The predicted octanol–water partition coefficient (Wildman–Crippen LogP) is 2.04.